The van der Waals surface area contributed by atoms with Crippen LogP contribution in [0.2, 0.25) is 0 Å². The van der Waals surface area contributed by atoms with Gasteiger partial charge in [-0.25, -0.2) is 12.8 Å². The molecule has 6 nitrogen and oxygen atoms in total. The lowest BCUT2D eigenvalue weighted by Gasteiger charge is -2.12. The summed E-state index contributed by atoms with van der Waals surface area (Å²) in [5, 5.41) is 2.19. The van der Waals surface area contributed by atoms with E-state index in [1.807, 2.05) is 13.8 Å². The first-order chi connectivity index (χ1) is 15.8. The maximum Gasteiger partial charge on any atom is 0.419 e. The molecule has 3 rings (SSSR count). The molecular formula is C23H20F4N2O4S. The van der Waals surface area contributed by atoms with Gasteiger partial charge in [-0.3, -0.25) is 9.52 Å². The summed E-state index contributed by atoms with van der Waals surface area (Å²) in [6, 6.07) is 12.5. The third kappa shape index (κ3) is 6.25. The van der Waals surface area contributed by atoms with Crippen LogP contribution >= 0.6 is 0 Å². The molecule has 0 fully saturated rings. The van der Waals surface area contributed by atoms with Gasteiger partial charge in [-0.15, -0.1) is 0 Å². The predicted molar refractivity (Wildman–Crippen MR) is 119 cm³/mol. The Labute approximate surface area is 193 Å². The number of carbonyl (C=O) groups excluding carboxylic acids is 1. The molecule has 0 bridgehead atoms. The maximum atomic E-state index is 13.3. The van der Waals surface area contributed by atoms with Crippen molar-refractivity contribution in [3.05, 3.63) is 83.2 Å². The van der Waals surface area contributed by atoms with Crippen LogP contribution in [0.15, 0.2) is 65.6 Å². The number of benzene rings is 3. The largest absolute Gasteiger partial charge is 0.484 e. The molecule has 0 radical (unpaired) electrons. The smallest absolute Gasteiger partial charge is 0.419 e. The van der Waals surface area contributed by atoms with Crippen molar-refractivity contribution < 1.29 is 35.5 Å². The van der Waals surface area contributed by atoms with Gasteiger partial charge in [0.25, 0.3) is 15.9 Å². The molecule has 3 aromatic rings. The highest BCUT2D eigenvalue weighted by Gasteiger charge is 2.34. The van der Waals surface area contributed by atoms with Gasteiger partial charge in [-0.05, 0) is 79.6 Å². The Bertz CT molecular complexity index is 1310. The molecule has 0 aliphatic carbocycles. The van der Waals surface area contributed by atoms with E-state index in [0.717, 1.165) is 17.2 Å². The summed E-state index contributed by atoms with van der Waals surface area (Å²) < 4.78 is 84.6. The van der Waals surface area contributed by atoms with Gasteiger partial charge in [0.1, 0.15) is 11.6 Å². The van der Waals surface area contributed by atoms with E-state index in [0.29, 0.717) is 17.8 Å². The van der Waals surface area contributed by atoms with Crippen LogP contribution in [0.5, 0.6) is 5.75 Å². The molecule has 0 unspecified atom stereocenters. The van der Waals surface area contributed by atoms with Gasteiger partial charge in [0.2, 0.25) is 0 Å². The van der Waals surface area contributed by atoms with Crippen LogP contribution in [0, 0.1) is 19.7 Å². The highest BCUT2D eigenvalue weighted by atomic mass is 32.2. The van der Waals surface area contributed by atoms with Gasteiger partial charge in [-0.1, -0.05) is 6.07 Å². The summed E-state index contributed by atoms with van der Waals surface area (Å²) in [4.78, 5) is 12.0. The SMILES string of the molecule is Cc1ccc(NS(=O)(=O)c2ccc(OCC(=O)Nc3ccc(F)c(C(F)(F)F)c3)cc2)cc1C. The molecule has 3 aromatic carbocycles. The monoisotopic (exact) mass is 496 g/mol. The van der Waals surface area contributed by atoms with E-state index in [-0.39, 0.29) is 16.3 Å². The Balaban J connectivity index is 1.60. The quantitative estimate of drug-likeness (QED) is 0.436. The third-order valence-electron chi connectivity index (χ3n) is 4.82. The van der Waals surface area contributed by atoms with E-state index in [9.17, 15) is 30.8 Å². The second-order valence-corrected chi connectivity index (χ2v) is 9.09. The summed E-state index contributed by atoms with van der Waals surface area (Å²) in [6.07, 6.45) is -4.91. The first-order valence-corrected chi connectivity index (χ1v) is 11.3. The van der Waals surface area contributed by atoms with Crippen molar-refractivity contribution in [3.63, 3.8) is 0 Å². The number of rotatable bonds is 7. The minimum atomic E-state index is -4.91. The van der Waals surface area contributed by atoms with Gasteiger partial charge in [0, 0.05) is 11.4 Å². The van der Waals surface area contributed by atoms with Gasteiger partial charge < -0.3 is 10.1 Å². The highest BCUT2D eigenvalue weighted by Crippen LogP contribution is 2.33. The molecule has 1 amide bonds. The van der Waals surface area contributed by atoms with E-state index in [4.69, 9.17) is 4.74 Å². The van der Waals surface area contributed by atoms with Crippen molar-refractivity contribution in [1.82, 2.24) is 0 Å². The van der Waals surface area contributed by atoms with Crippen LogP contribution < -0.4 is 14.8 Å². The molecule has 0 spiro atoms. The second-order valence-electron chi connectivity index (χ2n) is 7.41. The Morgan fingerprint density at radius 3 is 2.18 bits per heavy atom. The number of nitrogens with one attached hydrogen (secondary N) is 2. The van der Waals surface area contributed by atoms with Crippen molar-refractivity contribution in [2.24, 2.45) is 0 Å². The average Bonchev–Trinajstić information content (AvgIpc) is 2.75. The number of hydrogen-bond donors (Lipinski definition) is 2. The number of halogens is 4. The Morgan fingerprint density at radius 1 is 0.912 bits per heavy atom. The summed E-state index contributed by atoms with van der Waals surface area (Å²) in [5.41, 5.74) is 0.611. The second kappa shape index (κ2) is 9.72. The molecule has 2 N–H and O–H groups in total. The van der Waals surface area contributed by atoms with Crippen molar-refractivity contribution in [2.75, 3.05) is 16.6 Å². The van der Waals surface area contributed by atoms with Crippen LogP contribution in [0.1, 0.15) is 16.7 Å². The zero-order chi connectivity index (χ0) is 25.1. The summed E-state index contributed by atoms with van der Waals surface area (Å²) in [7, 11) is -3.86. The molecule has 11 heteroatoms. The number of sulfonamides is 1. The number of aryl methyl sites for hydroxylation is 2. The standard InChI is InChI=1S/C23H20F4N2O4S/c1-14-3-4-17(11-15(14)2)29-34(31,32)19-8-6-18(7-9-19)33-13-22(30)28-16-5-10-21(24)20(12-16)23(25,26)27/h3-12,29H,13H2,1-2H3,(H,28,30). The van der Waals surface area contributed by atoms with E-state index >= 15 is 0 Å². The predicted octanol–water partition coefficient (Wildman–Crippen LogP) is 5.28. The van der Waals surface area contributed by atoms with E-state index in [2.05, 4.69) is 10.0 Å². The number of amides is 1. The number of hydrogen-bond acceptors (Lipinski definition) is 4. The molecule has 0 aromatic heterocycles. The number of ether oxygens (including phenoxy) is 1. The number of alkyl halides is 3. The lowest BCUT2D eigenvalue weighted by atomic mass is 10.1. The van der Waals surface area contributed by atoms with Gasteiger partial charge in [0.05, 0.1) is 10.5 Å². The van der Waals surface area contributed by atoms with Gasteiger partial charge in [-0.2, -0.15) is 13.2 Å². The minimum Gasteiger partial charge on any atom is -0.484 e. The van der Waals surface area contributed by atoms with Crippen molar-refractivity contribution in [2.45, 2.75) is 24.9 Å². The van der Waals surface area contributed by atoms with Crippen LogP contribution in [0.3, 0.4) is 0 Å². The van der Waals surface area contributed by atoms with Crippen LogP contribution in [0.4, 0.5) is 28.9 Å². The summed E-state index contributed by atoms with van der Waals surface area (Å²) in [5.74, 6) is -2.08. The molecule has 0 aliphatic heterocycles. The molecule has 0 aliphatic rings. The normalized spacial score (nSPS) is 11.7. The summed E-state index contributed by atoms with van der Waals surface area (Å²) in [6.45, 7) is 3.21. The van der Waals surface area contributed by atoms with Crippen LogP contribution in [-0.2, 0) is 21.0 Å². The fraction of sp³-hybridized carbons (Fsp3) is 0.174. The maximum absolute atomic E-state index is 13.3. The van der Waals surface area contributed by atoms with E-state index in [1.54, 1.807) is 18.2 Å². The summed E-state index contributed by atoms with van der Waals surface area (Å²) >= 11 is 0. The highest BCUT2D eigenvalue weighted by molar-refractivity contribution is 7.92. The third-order valence-corrected chi connectivity index (χ3v) is 6.22. The van der Waals surface area contributed by atoms with E-state index < -0.39 is 40.1 Å². The molecular weight excluding hydrogens is 476 g/mol. The van der Waals surface area contributed by atoms with Crippen molar-refractivity contribution in [3.8, 4) is 5.75 Å². The lowest BCUT2D eigenvalue weighted by molar-refractivity contribution is -0.140. The number of carbonyl (C=O) groups is 1. The Kier molecular flexibility index (Phi) is 7.15. The molecule has 180 valence electrons. The fourth-order valence-electron chi connectivity index (χ4n) is 2.90. The lowest BCUT2D eigenvalue weighted by Crippen LogP contribution is -2.21. The Hall–Kier alpha value is -3.60. The molecule has 0 saturated carbocycles. The Morgan fingerprint density at radius 2 is 1.56 bits per heavy atom. The first-order valence-electron chi connectivity index (χ1n) is 9.85. The molecule has 34 heavy (non-hydrogen) atoms. The molecule has 0 heterocycles. The van der Waals surface area contributed by atoms with Crippen molar-refractivity contribution in [1.29, 1.82) is 0 Å². The minimum absolute atomic E-state index is 0.0338. The van der Waals surface area contributed by atoms with Gasteiger partial charge in [0.15, 0.2) is 6.61 Å². The number of anilines is 2. The fourth-order valence-corrected chi connectivity index (χ4v) is 3.95. The first kappa shape index (κ1) is 25.0. The van der Waals surface area contributed by atoms with E-state index in [1.165, 1.54) is 24.3 Å². The molecule has 0 atom stereocenters. The molecule has 0 saturated heterocycles. The van der Waals surface area contributed by atoms with Crippen LogP contribution in [0.25, 0.3) is 0 Å². The van der Waals surface area contributed by atoms with Crippen molar-refractivity contribution >= 4 is 27.3 Å². The van der Waals surface area contributed by atoms with Crippen LogP contribution in [-0.4, -0.2) is 20.9 Å². The average molecular weight is 496 g/mol. The zero-order valence-corrected chi connectivity index (χ0v) is 18.9. The zero-order valence-electron chi connectivity index (χ0n) is 18.0. The topological polar surface area (TPSA) is 84.5 Å². The van der Waals surface area contributed by atoms with Gasteiger partial charge >= 0.3 is 6.18 Å².